The average Bonchev–Trinajstić information content (AvgIpc) is 3.62. The quantitative estimate of drug-likeness (QED) is 0.660. The number of nitrogens with zero attached hydrogens (tertiary/aromatic N) is 5. The predicted octanol–water partition coefficient (Wildman–Crippen LogP) is 4.98. The van der Waals surface area contributed by atoms with Gasteiger partial charge in [-0.1, -0.05) is 6.58 Å². The fourth-order valence-electron chi connectivity index (χ4n) is 4.21. The number of aromatic nitrogens is 2. The number of nitriles is 1. The van der Waals surface area contributed by atoms with Crippen LogP contribution >= 0.6 is 0 Å². The van der Waals surface area contributed by atoms with Crippen LogP contribution in [0.25, 0.3) is 17.2 Å². The van der Waals surface area contributed by atoms with Crippen molar-refractivity contribution in [3.05, 3.63) is 47.9 Å². The van der Waals surface area contributed by atoms with Crippen molar-refractivity contribution < 1.29 is 9.53 Å². The highest BCUT2D eigenvalue weighted by Crippen LogP contribution is 2.45. The molecule has 1 saturated heterocycles. The Morgan fingerprint density at radius 1 is 1.30 bits per heavy atom. The number of anilines is 1. The zero-order valence-electron chi connectivity index (χ0n) is 19.8. The normalized spacial score (nSPS) is 18.6. The summed E-state index contributed by atoms with van der Waals surface area (Å²) in [5.74, 6) is 1.11. The number of hydrogen-bond donors (Lipinski definition) is 0. The zero-order valence-corrected chi connectivity index (χ0v) is 19.8. The van der Waals surface area contributed by atoms with Gasteiger partial charge in [-0.15, -0.1) is 0 Å². The van der Waals surface area contributed by atoms with Crippen LogP contribution in [-0.4, -0.2) is 52.2 Å². The van der Waals surface area contributed by atoms with Crippen LogP contribution in [0.5, 0.6) is 0 Å². The molecule has 1 atom stereocenters. The highest BCUT2D eigenvalue weighted by Gasteiger charge is 2.34. The second kappa shape index (κ2) is 8.86. The van der Waals surface area contributed by atoms with E-state index in [1.54, 1.807) is 17.2 Å². The van der Waals surface area contributed by atoms with Crippen LogP contribution in [0.4, 0.5) is 10.6 Å². The van der Waals surface area contributed by atoms with Gasteiger partial charge in [0.15, 0.2) is 0 Å². The van der Waals surface area contributed by atoms with Crippen LogP contribution < -0.4 is 4.90 Å². The summed E-state index contributed by atoms with van der Waals surface area (Å²) in [4.78, 5) is 25.8. The van der Waals surface area contributed by atoms with Crippen LogP contribution in [0.1, 0.15) is 63.4 Å². The lowest BCUT2D eigenvalue weighted by Crippen LogP contribution is -2.55. The van der Waals surface area contributed by atoms with Gasteiger partial charge in [0.05, 0.1) is 17.0 Å². The van der Waals surface area contributed by atoms with Crippen LogP contribution in [0.3, 0.4) is 0 Å². The molecule has 1 unspecified atom stereocenters. The second-order valence-corrected chi connectivity index (χ2v) is 9.82. The SMILES string of the molecule is C=Cc1cc(-c2cc(C#N)c(N3CCN(C(=O)OC(C)(C)C)C(C)C3)nc2C2CC2)ccn1. The molecule has 33 heavy (non-hydrogen) atoms. The first-order chi connectivity index (χ1) is 15.7. The number of carbonyl (C=O) groups is 1. The molecule has 1 saturated carbocycles. The third kappa shape index (κ3) is 5.00. The van der Waals surface area contributed by atoms with E-state index >= 15 is 0 Å². The molecule has 2 fully saturated rings. The van der Waals surface area contributed by atoms with E-state index in [-0.39, 0.29) is 12.1 Å². The Morgan fingerprint density at radius 2 is 2.06 bits per heavy atom. The lowest BCUT2D eigenvalue weighted by Gasteiger charge is -2.41. The molecule has 1 aliphatic heterocycles. The summed E-state index contributed by atoms with van der Waals surface area (Å²) in [7, 11) is 0. The van der Waals surface area contributed by atoms with E-state index in [1.807, 2.05) is 45.9 Å². The third-order valence-electron chi connectivity index (χ3n) is 5.97. The van der Waals surface area contributed by atoms with E-state index in [0.29, 0.717) is 36.9 Å². The second-order valence-electron chi connectivity index (χ2n) is 9.82. The topological polar surface area (TPSA) is 82.4 Å². The lowest BCUT2D eigenvalue weighted by atomic mass is 9.99. The Bertz CT molecular complexity index is 1110. The minimum absolute atomic E-state index is 0.0543. The standard InChI is InChI=1S/C26H31N5O2/c1-6-21-13-19(9-10-28-21)22-14-20(15-27)24(29-23(22)18-7-8-18)30-11-12-31(17(2)16-30)25(32)33-26(3,4)5/h6,9-10,13-14,17-18H,1,7-8,11-12,16H2,2-5H3. The van der Waals surface area contributed by atoms with Crippen molar-refractivity contribution in [2.75, 3.05) is 24.5 Å². The molecule has 1 amide bonds. The maximum Gasteiger partial charge on any atom is 0.410 e. The third-order valence-corrected chi connectivity index (χ3v) is 5.97. The van der Waals surface area contributed by atoms with Crippen molar-refractivity contribution >= 4 is 18.0 Å². The molecule has 0 N–H and O–H groups in total. The first-order valence-electron chi connectivity index (χ1n) is 11.5. The molecule has 1 aliphatic carbocycles. The van der Waals surface area contributed by atoms with Gasteiger partial charge >= 0.3 is 6.09 Å². The predicted molar refractivity (Wildman–Crippen MR) is 129 cm³/mol. The van der Waals surface area contributed by atoms with Gasteiger partial charge in [0.2, 0.25) is 0 Å². The Morgan fingerprint density at radius 3 is 2.67 bits per heavy atom. The van der Waals surface area contributed by atoms with Gasteiger partial charge in [0, 0.05) is 43.4 Å². The Hall–Kier alpha value is -3.40. The van der Waals surface area contributed by atoms with Crippen LogP contribution in [0, 0.1) is 11.3 Å². The number of amides is 1. The minimum Gasteiger partial charge on any atom is -0.444 e. The fraction of sp³-hybridized carbons (Fsp3) is 0.462. The van der Waals surface area contributed by atoms with Gasteiger partial charge in [-0.2, -0.15) is 5.26 Å². The van der Waals surface area contributed by atoms with Crippen molar-refractivity contribution in [1.82, 2.24) is 14.9 Å². The monoisotopic (exact) mass is 445 g/mol. The van der Waals surface area contributed by atoms with E-state index in [4.69, 9.17) is 9.72 Å². The Balaban J connectivity index is 1.64. The van der Waals surface area contributed by atoms with Gasteiger partial charge in [0.25, 0.3) is 0 Å². The number of rotatable bonds is 4. The summed E-state index contributed by atoms with van der Waals surface area (Å²) < 4.78 is 5.56. The molecule has 7 heteroatoms. The highest BCUT2D eigenvalue weighted by molar-refractivity contribution is 5.74. The van der Waals surface area contributed by atoms with Gasteiger partial charge < -0.3 is 14.5 Å². The molecule has 7 nitrogen and oxygen atoms in total. The van der Waals surface area contributed by atoms with Gasteiger partial charge in [-0.3, -0.25) is 4.98 Å². The molecule has 2 aliphatic rings. The molecule has 0 aromatic carbocycles. The summed E-state index contributed by atoms with van der Waals surface area (Å²) in [6, 6.07) is 8.20. The molecule has 2 aromatic rings. The van der Waals surface area contributed by atoms with Gasteiger partial charge in [0.1, 0.15) is 17.5 Å². The van der Waals surface area contributed by atoms with Gasteiger partial charge in [-0.05, 0) is 70.4 Å². The molecule has 0 bridgehead atoms. The molecule has 172 valence electrons. The minimum atomic E-state index is -0.531. The summed E-state index contributed by atoms with van der Waals surface area (Å²) in [6.45, 7) is 13.2. The van der Waals surface area contributed by atoms with Crippen LogP contribution in [0.15, 0.2) is 31.0 Å². The molecule has 2 aromatic heterocycles. The van der Waals surface area contributed by atoms with E-state index < -0.39 is 5.60 Å². The fourth-order valence-corrected chi connectivity index (χ4v) is 4.21. The average molecular weight is 446 g/mol. The molecule has 3 heterocycles. The summed E-state index contributed by atoms with van der Waals surface area (Å²) in [6.07, 6.45) is 5.40. The molecular formula is C26H31N5O2. The summed E-state index contributed by atoms with van der Waals surface area (Å²) in [5, 5.41) is 9.97. The van der Waals surface area contributed by atoms with Crippen molar-refractivity contribution in [1.29, 1.82) is 5.26 Å². The smallest absolute Gasteiger partial charge is 0.410 e. The lowest BCUT2D eigenvalue weighted by molar-refractivity contribution is 0.0158. The Labute approximate surface area is 195 Å². The molecule has 0 spiro atoms. The number of hydrogen-bond acceptors (Lipinski definition) is 6. The van der Waals surface area contributed by atoms with Gasteiger partial charge in [-0.25, -0.2) is 9.78 Å². The van der Waals surface area contributed by atoms with Crippen molar-refractivity contribution in [3.8, 4) is 17.2 Å². The van der Waals surface area contributed by atoms with Crippen molar-refractivity contribution in [3.63, 3.8) is 0 Å². The first kappa shape index (κ1) is 22.8. The largest absolute Gasteiger partial charge is 0.444 e. The van der Waals surface area contributed by atoms with Crippen molar-refractivity contribution in [2.45, 2.75) is 58.1 Å². The van der Waals surface area contributed by atoms with E-state index in [0.717, 1.165) is 35.4 Å². The number of pyridine rings is 2. The maximum absolute atomic E-state index is 12.6. The highest BCUT2D eigenvalue weighted by atomic mass is 16.6. The maximum atomic E-state index is 12.6. The van der Waals surface area contributed by atoms with E-state index in [2.05, 4.69) is 22.5 Å². The van der Waals surface area contributed by atoms with Crippen LogP contribution in [-0.2, 0) is 4.74 Å². The van der Waals surface area contributed by atoms with E-state index in [1.165, 1.54) is 0 Å². The zero-order chi connectivity index (χ0) is 23.8. The summed E-state index contributed by atoms with van der Waals surface area (Å²) >= 11 is 0. The number of piperazine rings is 1. The van der Waals surface area contributed by atoms with Crippen molar-refractivity contribution in [2.24, 2.45) is 0 Å². The van der Waals surface area contributed by atoms with Crippen LogP contribution in [0.2, 0.25) is 0 Å². The van der Waals surface area contributed by atoms with E-state index in [9.17, 15) is 10.1 Å². The first-order valence-corrected chi connectivity index (χ1v) is 11.5. The number of ether oxygens (including phenoxy) is 1. The number of carbonyl (C=O) groups excluding carboxylic acids is 1. The molecular weight excluding hydrogens is 414 g/mol. The molecule has 0 radical (unpaired) electrons. The molecule has 4 rings (SSSR count). The summed E-state index contributed by atoms with van der Waals surface area (Å²) in [5.41, 5.74) is 3.83. The Kier molecular flexibility index (Phi) is 6.11.